The number of esters is 1. The molecule has 6 N–H and O–H groups in total. The molecule has 30 heteroatoms. The number of aromatic nitrogens is 6. The zero-order chi connectivity index (χ0) is 69.4. The number of fused-ring (bicyclic) bond motifs is 2. The Labute approximate surface area is 568 Å². The fourth-order valence-electron chi connectivity index (χ4n) is 11.1. The van der Waals surface area contributed by atoms with Gasteiger partial charge >= 0.3 is 5.97 Å². The average Bonchev–Trinajstić information content (AvgIpc) is 1.58. The lowest BCUT2D eigenvalue weighted by molar-refractivity contribution is -0.141. The molecule has 3 aromatic heterocycles. The monoisotopic (exact) mass is 1370 g/mol. The van der Waals surface area contributed by atoms with Gasteiger partial charge in [0.05, 0.1) is 155 Å². The number of likely N-dealkylation sites (tertiary alicyclic amines) is 1. The van der Waals surface area contributed by atoms with Gasteiger partial charge in [-0.15, -0.1) is 0 Å². The van der Waals surface area contributed by atoms with Gasteiger partial charge in [-0.2, -0.15) is 10.2 Å². The molecular formula is C68H92FN13O16. The van der Waals surface area contributed by atoms with Gasteiger partial charge < -0.3 is 79.4 Å². The van der Waals surface area contributed by atoms with E-state index in [1.807, 2.05) is 30.9 Å². The van der Waals surface area contributed by atoms with Gasteiger partial charge in [0, 0.05) is 67.6 Å². The third kappa shape index (κ3) is 23.6. The topological polar surface area (TPSA) is 345 Å². The highest BCUT2D eigenvalue weighted by Gasteiger charge is 2.26. The van der Waals surface area contributed by atoms with E-state index in [-0.39, 0.29) is 74.6 Å². The van der Waals surface area contributed by atoms with Crippen molar-refractivity contribution in [3.63, 3.8) is 0 Å². The summed E-state index contributed by atoms with van der Waals surface area (Å²) in [5.74, 6) is -2.40. The lowest BCUT2D eigenvalue weighted by atomic mass is 9.89. The van der Waals surface area contributed by atoms with Crippen molar-refractivity contribution >= 4 is 80.5 Å². The van der Waals surface area contributed by atoms with Crippen LogP contribution < -0.4 is 31.9 Å². The van der Waals surface area contributed by atoms with Crippen LogP contribution in [0.5, 0.6) is 0 Å². The molecule has 0 atom stereocenters. The lowest BCUT2D eigenvalue weighted by Gasteiger charge is -2.32. The smallest absolute Gasteiger partial charge is 0.325 e. The summed E-state index contributed by atoms with van der Waals surface area (Å²) in [6, 6.07) is 16.1. The maximum atomic E-state index is 16.0. The van der Waals surface area contributed by atoms with Crippen molar-refractivity contribution in [3.8, 4) is 11.1 Å². The number of hydrogen-bond donors (Lipinski definition) is 5. The molecular weight excluding hydrogens is 1270 g/mol. The van der Waals surface area contributed by atoms with Crippen molar-refractivity contribution in [1.82, 2.24) is 50.4 Å². The van der Waals surface area contributed by atoms with Gasteiger partial charge in [-0.1, -0.05) is 38.1 Å². The summed E-state index contributed by atoms with van der Waals surface area (Å²) in [5.41, 5.74) is 9.86. The Hall–Kier alpha value is -8.62. The van der Waals surface area contributed by atoms with Crippen LogP contribution in [0, 0.1) is 5.82 Å². The number of halogens is 1. The standard InChI is InChI=1S/C68H92FN13O16/c1-47(2)65-64-52(8-7-9-55(64)81(78-65)46-60(85)72-44-59(84)73-45-63(88)90-3)53-41-56-50(40-54(53)69)42-75-82(56)62(87)15-14-58(83)71-19-25-92-27-29-94-31-33-96-35-37-98-39-38-97-36-34-95-32-30-93-28-26-91-24-18-61(86)80-22-16-49(17-23-80)48-10-12-51(13-11-48)76-68-66(67(70)89)74-43-57(77-68)79-20-5-4-6-21-79/h7-13,40-43,47,49H,4-6,14-39,44-46H2,1-3H3,(H2,70,89)(H,71,83)(H,72,85)(H,73,84)(H,76,77). The zero-order valence-electron chi connectivity index (χ0n) is 56.2. The van der Waals surface area contributed by atoms with E-state index in [9.17, 15) is 33.6 Å². The SMILES string of the molecule is COC(=O)CNC(=O)CNC(=O)Cn1nc(C(C)C)c2c(-c3cc4c(cnn4C(=O)CCC(=O)NCCOCCOCCOCCOCCOCCOCCOCCOCCC(=O)N4CCC(c5ccc(Nc6nc(N7CCCCC7)cnc6C(N)=O)cc5)CC4)cc3F)cccc21. The molecule has 3 aromatic carbocycles. The first-order chi connectivity index (χ1) is 47.7. The number of ether oxygens (including phenoxy) is 9. The molecule has 2 aliphatic rings. The number of carbonyl (C=O) groups is 7. The average molecular weight is 1370 g/mol. The maximum absolute atomic E-state index is 16.0. The molecule has 532 valence electrons. The normalized spacial score (nSPS) is 13.5. The summed E-state index contributed by atoms with van der Waals surface area (Å²) in [7, 11) is 1.19. The second-order valence-corrected chi connectivity index (χ2v) is 23.6. The molecule has 0 saturated carbocycles. The van der Waals surface area contributed by atoms with Crippen LogP contribution in [0.4, 0.5) is 21.7 Å². The fraction of sp³-hybridized carbons (Fsp3) is 0.544. The quantitative estimate of drug-likeness (QED) is 0.0253. The van der Waals surface area contributed by atoms with Crippen LogP contribution >= 0.6 is 0 Å². The van der Waals surface area contributed by atoms with Crippen molar-refractivity contribution in [3.05, 3.63) is 89.8 Å². The predicted octanol–water partition coefficient (Wildman–Crippen LogP) is 4.81. The number of carbonyl (C=O) groups excluding carboxylic acids is 7. The first kappa shape index (κ1) is 75.2. The number of piperidine rings is 2. The van der Waals surface area contributed by atoms with Crippen LogP contribution in [0.25, 0.3) is 32.9 Å². The van der Waals surface area contributed by atoms with E-state index in [4.69, 9.17) is 53.7 Å². The largest absolute Gasteiger partial charge is 0.468 e. The van der Waals surface area contributed by atoms with E-state index in [1.54, 1.807) is 24.4 Å². The first-order valence-electron chi connectivity index (χ1n) is 33.4. The summed E-state index contributed by atoms with van der Waals surface area (Å²) in [4.78, 5) is 101. The van der Waals surface area contributed by atoms with E-state index in [0.29, 0.717) is 163 Å². The minimum Gasteiger partial charge on any atom is -0.468 e. The molecule has 29 nitrogen and oxygen atoms in total. The molecule has 6 aromatic rings. The Bertz CT molecular complexity index is 3560. The number of amides is 5. The van der Waals surface area contributed by atoms with Gasteiger partial charge in [-0.05, 0) is 85.4 Å². The maximum Gasteiger partial charge on any atom is 0.325 e. The van der Waals surface area contributed by atoms with Crippen molar-refractivity contribution < 1.29 is 80.6 Å². The van der Waals surface area contributed by atoms with Crippen molar-refractivity contribution in [2.75, 3.05) is 169 Å². The molecule has 98 heavy (non-hydrogen) atoms. The Morgan fingerprint density at radius 2 is 1.22 bits per heavy atom. The second kappa shape index (κ2) is 40.3. The molecule has 0 radical (unpaired) electrons. The third-order valence-electron chi connectivity index (χ3n) is 16.3. The number of primary amides is 1. The zero-order valence-corrected chi connectivity index (χ0v) is 56.2. The minimum atomic E-state index is -0.638. The predicted molar refractivity (Wildman–Crippen MR) is 359 cm³/mol. The highest BCUT2D eigenvalue weighted by Crippen LogP contribution is 2.38. The summed E-state index contributed by atoms with van der Waals surface area (Å²) >= 11 is 0. The van der Waals surface area contributed by atoms with E-state index >= 15 is 4.39 Å². The summed E-state index contributed by atoms with van der Waals surface area (Å²) < 4.78 is 67.7. The Morgan fingerprint density at radius 3 is 1.83 bits per heavy atom. The Balaban J connectivity index is 0.571. The minimum absolute atomic E-state index is 0.0865. The molecule has 0 aliphatic carbocycles. The van der Waals surface area contributed by atoms with E-state index in [0.717, 1.165) is 55.0 Å². The van der Waals surface area contributed by atoms with Gasteiger partial charge in [0.25, 0.3) is 5.91 Å². The number of nitrogens with two attached hydrogens (primary N) is 1. The highest BCUT2D eigenvalue weighted by molar-refractivity contribution is 6.01. The van der Waals surface area contributed by atoms with E-state index in [2.05, 4.69) is 53.1 Å². The number of methoxy groups -OCH3 is 1. The molecule has 5 heterocycles. The molecule has 0 unspecified atom stereocenters. The van der Waals surface area contributed by atoms with Crippen LogP contribution in [-0.4, -0.2) is 234 Å². The van der Waals surface area contributed by atoms with Gasteiger partial charge in [0.1, 0.15) is 24.7 Å². The molecule has 0 bridgehead atoms. The Morgan fingerprint density at radius 1 is 0.622 bits per heavy atom. The number of nitrogens with one attached hydrogen (secondary N) is 4. The summed E-state index contributed by atoms with van der Waals surface area (Å²) in [6.45, 7) is 12.3. The van der Waals surface area contributed by atoms with Crippen molar-refractivity contribution in [1.29, 1.82) is 0 Å². The number of nitrogens with zero attached hydrogens (tertiary/aromatic N) is 8. The number of anilines is 3. The fourth-order valence-corrected chi connectivity index (χ4v) is 11.1. The number of hydrogen-bond acceptors (Lipinski definition) is 22. The first-order valence-corrected chi connectivity index (χ1v) is 33.4. The van der Waals surface area contributed by atoms with Crippen LogP contribution in [-0.2, 0) is 73.1 Å². The number of rotatable bonds is 43. The van der Waals surface area contributed by atoms with Crippen LogP contribution in [0.1, 0.15) is 104 Å². The molecule has 2 saturated heterocycles. The third-order valence-corrected chi connectivity index (χ3v) is 16.3. The van der Waals surface area contributed by atoms with Gasteiger partial charge in [0.2, 0.25) is 29.5 Å². The van der Waals surface area contributed by atoms with Gasteiger partial charge in [0.15, 0.2) is 11.5 Å². The van der Waals surface area contributed by atoms with Crippen LogP contribution in [0.2, 0.25) is 0 Å². The van der Waals surface area contributed by atoms with Crippen LogP contribution in [0.3, 0.4) is 0 Å². The summed E-state index contributed by atoms with van der Waals surface area (Å²) in [6.07, 6.45) is 8.17. The molecule has 2 aliphatic heterocycles. The van der Waals surface area contributed by atoms with E-state index < -0.39 is 35.4 Å². The van der Waals surface area contributed by atoms with Crippen molar-refractivity contribution in [2.45, 2.75) is 83.6 Å². The number of benzene rings is 3. The lowest BCUT2D eigenvalue weighted by Crippen LogP contribution is -2.40. The molecule has 8 rings (SSSR count). The summed E-state index contributed by atoms with van der Waals surface area (Å²) in [5, 5.41) is 20.8. The van der Waals surface area contributed by atoms with Crippen LogP contribution in [0.15, 0.2) is 67.0 Å². The highest BCUT2D eigenvalue weighted by atomic mass is 19.1. The molecule has 5 amide bonds. The van der Waals surface area contributed by atoms with Crippen molar-refractivity contribution in [2.24, 2.45) is 5.73 Å². The van der Waals surface area contributed by atoms with Gasteiger partial charge in [-0.3, -0.25) is 38.2 Å². The molecule has 2 fully saturated rings. The van der Waals surface area contributed by atoms with E-state index in [1.165, 1.54) is 42.1 Å². The molecule has 0 spiro atoms. The second-order valence-electron chi connectivity index (χ2n) is 23.6. The Kier molecular flexibility index (Phi) is 30.9. The van der Waals surface area contributed by atoms with Gasteiger partial charge in [-0.25, -0.2) is 19.0 Å².